The summed E-state index contributed by atoms with van der Waals surface area (Å²) in [6.45, 7) is 1.76. The Labute approximate surface area is 136 Å². The number of anilines is 1. The third-order valence-corrected chi connectivity index (χ3v) is 6.52. The van der Waals surface area contributed by atoms with Crippen LogP contribution >= 0.6 is 0 Å². The Balaban J connectivity index is 1.95. The molecule has 0 aliphatic heterocycles. The van der Waals surface area contributed by atoms with Gasteiger partial charge in [-0.1, -0.05) is 19.3 Å². The molecule has 3 rings (SSSR count). The van der Waals surface area contributed by atoms with E-state index in [4.69, 9.17) is 0 Å². The lowest BCUT2D eigenvalue weighted by molar-refractivity contribution is 0.486. The lowest BCUT2D eigenvalue weighted by Gasteiger charge is -2.22. The summed E-state index contributed by atoms with van der Waals surface area (Å²) in [5.41, 5.74) is 1.96. The molecule has 0 atom stereocenters. The average Bonchev–Trinajstić information content (AvgIpc) is 2.53. The Bertz CT molecular complexity index is 894. The van der Waals surface area contributed by atoms with Crippen LogP contribution in [-0.2, 0) is 17.1 Å². The summed E-state index contributed by atoms with van der Waals surface area (Å²) < 4.78 is 29.3. The van der Waals surface area contributed by atoms with Crippen LogP contribution < -0.4 is 10.3 Å². The van der Waals surface area contributed by atoms with E-state index in [0.29, 0.717) is 11.3 Å². The number of benzene rings is 1. The molecule has 1 saturated carbocycles. The second-order valence-electron chi connectivity index (χ2n) is 6.37. The Morgan fingerprint density at radius 2 is 1.83 bits per heavy atom. The van der Waals surface area contributed by atoms with Crippen molar-refractivity contribution in [2.24, 2.45) is 7.05 Å². The molecule has 0 amide bonds. The molecule has 5 nitrogen and oxygen atoms in total. The summed E-state index contributed by atoms with van der Waals surface area (Å²) in [4.78, 5) is 12.0. The van der Waals surface area contributed by atoms with Gasteiger partial charge in [0.2, 0.25) is 10.0 Å². The molecule has 0 unspecified atom stereocenters. The van der Waals surface area contributed by atoms with Gasteiger partial charge in [0.1, 0.15) is 0 Å². The fourth-order valence-electron chi connectivity index (χ4n) is 3.33. The quantitative estimate of drug-likeness (QED) is 0.938. The zero-order chi connectivity index (χ0) is 16.6. The maximum atomic E-state index is 12.5. The fraction of sp³-hybridized carbons (Fsp3) is 0.471. The highest BCUT2D eigenvalue weighted by Crippen LogP contribution is 2.26. The topological polar surface area (TPSA) is 68.2 Å². The van der Waals surface area contributed by atoms with Gasteiger partial charge in [0.05, 0.1) is 10.8 Å². The Morgan fingerprint density at radius 1 is 1.13 bits per heavy atom. The average molecular weight is 334 g/mol. The molecule has 1 aromatic carbocycles. The summed E-state index contributed by atoms with van der Waals surface area (Å²) in [5.74, 6) is 0. The van der Waals surface area contributed by atoms with Crippen LogP contribution in [0.4, 0.5) is 5.69 Å². The van der Waals surface area contributed by atoms with Crippen molar-refractivity contribution < 1.29 is 8.42 Å². The van der Waals surface area contributed by atoms with Crippen molar-refractivity contribution in [2.75, 3.05) is 4.72 Å². The molecule has 1 aliphatic rings. The maximum absolute atomic E-state index is 12.5. The van der Waals surface area contributed by atoms with E-state index in [0.717, 1.165) is 43.0 Å². The smallest absolute Gasteiger partial charge is 0.253 e. The normalized spacial score (nSPS) is 16.6. The van der Waals surface area contributed by atoms with Crippen molar-refractivity contribution in [3.05, 3.63) is 40.2 Å². The molecule has 0 bridgehead atoms. The summed E-state index contributed by atoms with van der Waals surface area (Å²) >= 11 is 0. The summed E-state index contributed by atoms with van der Waals surface area (Å²) in [6, 6.07) is 7.10. The molecule has 1 heterocycles. The van der Waals surface area contributed by atoms with E-state index in [1.54, 1.807) is 42.8 Å². The third kappa shape index (κ3) is 3.13. The zero-order valence-electron chi connectivity index (χ0n) is 13.5. The molecule has 1 fully saturated rings. The van der Waals surface area contributed by atoms with Crippen LogP contribution in [-0.4, -0.2) is 18.2 Å². The monoisotopic (exact) mass is 334 g/mol. The number of aromatic nitrogens is 1. The Morgan fingerprint density at radius 3 is 2.52 bits per heavy atom. The summed E-state index contributed by atoms with van der Waals surface area (Å²) in [5, 5.41) is 0.558. The van der Waals surface area contributed by atoms with Gasteiger partial charge >= 0.3 is 0 Å². The Hall–Kier alpha value is -1.82. The van der Waals surface area contributed by atoms with Crippen molar-refractivity contribution >= 4 is 26.6 Å². The first kappa shape index (κ1) is 16.1. The highest BCUT2D eigenvalue weighted by atomic mass is 32.2. The van der Waals surface area contributed by atoms with E-state index in [1.807, 2.05) is 0 Å². The molecular formula is C17H22N2O3S. The number of hydrogen-bond acceptors (Lipinski definition) is 3. The van der Waals surface area contributed by atoms with Gasteiger partial charge in [-0.05, 0) is 44.0 Å². The van der Waals surface area contributed by atoms with Crippen LogP contribution in [0.15, 0.2) is 29.1 Å². The van der Waals surface area contributed by atoms with Crippen molar-refractivity contribution in [3.63, 3.8) is 0 Å². The van der Waals surface area contributed by atoms with Crippen LogP contribution in [0.3, 0.4) is 0 Å². The van der Waals surface area contributed by atoms with Gasteiger partial charge in [0, 0.05) is 23.7 Å². The second kappa shape index (κ2) is 6.00. The first-order chi connectivity index (χ1) is 10.9. The summed E-state index contributed by atoms with van der Waals surface area (Å²) in [6.07, 6.45) is 4.54. The second-order valence-corrected chi connectivity index (χ2v) is 8.33. The number of rotatable bonds is 3. The number of nitrogens with one attached hydrogen (secondary N) is 1. The van der Waals surface area contributed by atoms with Gasteiger partial charge in [0.15, 0.2) is 0 Å². The molecule has 124 valence electrons. The number of hydrogen-bond donors (Lipinski definition) is 1. The van der Waals surface area contributed by atoms with Crippen LogP contribution in [0.2, 0.25) is 0 Å². The first-order valence-corrected chi connectivity index (χ1v) is 9.55. The predicted octanol–water partition coefficient (Wildman–Crippen LogP) is 2.92. The van der Waals surface area contributed by atoms with Gasteiger partial charge in [0.25, 0.3) is 5.56 Å². The van der Waals surface area contributed by atoms with Gasteiger partial charge in [-0.15, -0.1) is 0 Å². The van der Waals surface area contributed by atoms with Gasteiger partial charge in [-0.25, -0.2) is 8.42 Å². The maximum Gasteiger partial charge on any atom is 0.253 e. The molecule has 0 spiro atoms. The molecular weight excluding hydrogens is 312 g/mol. The van der Waals surface area contributed by atoms with Crippen molar-refractivity contribution in [2.45, 2.75) is 44.3 Å². The van der Waals surface area contributed by atoms with E-state index >= 15 is 0 Å². The number of aryl methyl sites for hydroxylation is 2. The van der Waals surface area contributed by atoms with E-state index < -0.39 is 10.0 Å². The van der Waals surface area contributed by atoms with Crippen molar-refractivity contribution in [1.82, 2.24) is 4.57 Å². The van der Waals surface area contributed by atoms with Crippen LogP contribution in [0.1, 0.15) is 37.7 Å². The minimum absolute atomic E-state index is 0.0342. The number of nitrogens with zero attached hydrogens (tertiary/aromatic N) is 1. The molecule has 1 aliphatic carbocycles. The van der Waals surface area contributed by atoms with Crippen molar-refractivity contribution in [3.8, 4) is 0 Å². The Kier molecular flexibility index (Phi) is 4.19. The predicted molar refractivity (Wildman–Crippen MR) is 93.3 cm³/mol. The molecule has 0 radical (unpaired) electrons. The van der Waals surface area contributed by atoms with Gasteiger partial charge < -0.3 is 4.57 Å². The minimum atomic E-state index is -3.35. The largest absolute Gasteiger partial charge is 0.311 e. The third-order valence-electron chi connectivity index (χ3n) is 4.65. The van der Waals surface area contributed by atoms with E-state index in [2.05, 4.69) is 4.72 Å². The van der Waals surface area contributed by atoms with Gasteiger partial charge in [-0.3, -0.25) is 9.52 Å². The molecule has 2 aromatic rings. The highest BCUT2D eigenvalue weighted by Gasteiger charge is 2.27. The lowest BCUT2D eigenvalue weighted by Crippen LogP contribution is -2.29. The molecule has 1 N–H and O–H groups in total. The summed E-state index contributed by atoms with van der Waals surface area (Å²) in [7, 11) is -1.63. The van der Waals surface area contributed by atoms with Crippen LogP contribution in [0.25, 0.3) is 10.9 Å². The molecule has 6 heteroatoms. The lowest BCUT2D eigenvalue weighted by atomic mass is 10.0. The number of fused-ring (bicyclic) bond motifs is 1. The minimum Gasteiger partial charge on any atom is -0.311 e. The molecule has 1 aromatic heterocycles. The number of pyridine rings is 1. The van der Waals surface area contributed by atoms with Crippen LogP contribution in [0.5, 0.6) is 0 Å². The fourth-order valence-corrected chi connectivity index (χ4v) is 4.91. The van der Waals surface area contributed by atoms with E-state index in [9.17, 15) is 13.2 Å². The first-order valence-electron chi connectivity index (χ1n) is 8.00. The molecule has 0 saturated heterocycles. The van der Waals surface area contributed by atoms with E-state index in [-0.39, 0.29) is 10.8 Å². The number of sulfonamides is 1. The standard InChI is InChI=1S/C17H22N2O3S/c1-12-10-13-11-14(8-9-16(13)19(2)17(12)20)18-23(21,22)15-6-4-3-5-7-15/h8-11,15,18H,3-7H2,1-2H3. The van der Waals surface area contributed by atoms with Crippen molar-refractivity contribution in [1.29, 1.82) is 0 Å². The van der Waals surface area contributed by atoms with Gasteiger partial charge in [-0.2, -0.15) is 0 Å². The van der Waals surface area contributed by atoms with Crippen LogP contribution in [0, 0.1) is 6.92 Å². The SMILES string of the molecule is Cc1cc2cc(NS(=O)(=O)C3CCCCC3)ccc2n(C)c1=O. The molecule has 23 heavy (non-hydrogen) atoms. The zero-order valence-corrected chi connectivity index (χ0v) is 14.3. The highest BCUT2D eigenvalue weighted by molar-refractivity contribution is 7.93. The van der Waals surface area contributed by atoms with E-state index in [1.165, 1.54) is 0 Å².